The molecule has 124 valence electrons. The first kappa shape index (κ1) is 18.9. The first-order valence-electron chi connectivity index (χ1n) is 7.88. The van der Waals surface area contributed by atoms with E-state index in [4.69, 9.17) is 4.74 Å². The lowest BCUT2D eigenvalue weighted by Crippen LogP contribution is -2.39. The number of carbonyl (C=O) groups is 1. The number of nitrogens with one attached hydrogen (secondary N) is 1. The van der Waals surface area contributed by atoms with Crippen molar-refractivity contribution in [3.8, 4) is 5.75 Å². The fourth-order valence-electron chi connectivity index (χ4n) is 1.96. The maximum atomic E-state index is 12.3. The zero-order valence-corrected chi connectivity index (χ0v) is 15.5. The van der Waals surface area contributed by atoms with Crippen LogP contribution in [0.2, 0.25) is 0 Å². The van der Waals surface area contributed by atoms with Crippen LogP contribution >= 0.6 is 11.8 Å². The van der Waals surface area contributed by atoms with E-state index in [1.54, 1.807) is 0 Å². The van der Waals surface area contributed by atoms with Gasteiger partial charge in [-0.25, -0.2) is 0 Å². The van der Waals surface area contributed by atoms with E-state index in [9.17, 15) is 4.79 Å². The average Bonchev–Trinajstić information content (AvgIpc) is 2.43. The van der Waals surface area contributed by atoms with Crippen molar-refractivity contribution >= 4 is 17.7 Å². The van der Waals surface area contributed by atoms with Crippen molar-refractivity contribution in [1.82, 2.24) is 5.32 Å². The van der Waals surface area contributed by atoms with E-state index in [-0.39, 0.29) is 10.7 Å². The summed E-state index contributed by atoms with van der Waals surface area (Å²) in [5, 5.41) is 2.98. The summed E-state index contributed by atoms with van der Waals surface area (Å²) in [6.45, 7) is 13.2. The summed E-state index contributed by atoms with van der Waals surface area (Å²) >= 11 is 1.85. The molecule has 0 aliphatic carbocycles. The standard InChI is InChI=1S/C18H29NO2S/c1-7-15(17(20)19-10-11-22-18(4,5)6)21-16-12-13(2)8-9-14(16)3/h8-9,12,15H,7,10-11H2,1-6H3,(H,19,20)/t15-/m0/s1. The number of aryl methyl sites for hydroxylation is 2. The Hall–Kier alpha value is -1.16. The lowest BCUT2D eigenvalue weighted by Gasteiger charge is -2.20. The summed E-state index contributed by atoms with van der Waals surface area (Å²) in [4.78, 5) is 12.3. The summed E-state index contributed by atoms with van der Waals surface area (Å²) in [6.07, 6.45) is 0.228. The summed E-state index contributed by atoms with van der Waals surface area (Å²) in [5.41, 5.74) is 2.19. The van der Waals surface area contributed by atoms with Crippen LogP contribution in [-0.4, -0.2) is 29.1 Å². The Morgan fingerprint density at radius 1 is 1.32 bits per heavy atom. The summed E-state index contributed by atoms with van der Waals surface area (Å²) in [5.74, 6) is 1.68. The highest BCUT2D eigenvalue weighted by atomic mass is 32.2. The van der Waals surface area contributed by atoms with E-state index in [0.29, 0.717) is 13.0 Å². The van der Waals surface area contributed by atoms with E-state index in [0.717, 1.165) is 22.6 Å². The highest BCUT2D eigenvalue weighted by molar-refractivity contribution is 8.00. The van der Waals surface area contributed by atoms with Crippen molar-refractivity contribution in [3.05, 3.63) is 29.3 Å². The van der Waals surface area contributed by atoms with Crippen LogP contribution in [0.15, 0.2) is 18.2 Å². The number of hydrogen-bond donors (Lipinski definition) is 1. The second kappa shape index (κ2) is 8.47. The number of hydrogen-bond acceptors (Lipinski definition) is 3. The molecule has 1 rings (SSSR count). The number of rotatable bonds is 7. The minimum Gasteiger partial charge on any atom is -0.480 e. The van der Waals surface area contributed by atoms with E-state index in [1.165, 1.54) is 0 Å². The highest BCUT2D eigenvalue weighted by Crippen LogP contribution is 2.23. The van der Waals surface area contributed by atoms with Gasteiger partial charge in [0.2, 0.25) is 0 Å². The molecule has 1 amide bonds. The third-order valence-electron chi connectivity index (χ3n) is 3.21. The molecule has 1 aromatic carbocycles. The van der Waals surface area contributed by atoms with Gasteiger partial charge in [-0.15, -0.1) is 0 Å². The Bertz CT molecular complexity index is 494. The van der Waals surface area contributed by atoms with Gasteiger partial charge in [-0.1, -0.05) is 39.8 Å². The Kier molecular flexibility index (Phi) is 7.27. The average molecular weight is 324 g/mol. The Morgan fingerprint density at radius 2 is 2.00 bits per heavy atom. The highest BCUT2D eigenvalue weighted by Gasteiger charge is 2.19. The molecule has 0 aromatic heterocycles. The van der Waals surface area contributed by atoms with E-state index in [2.05, 4.69) is 26.1 Å². The Labute approximate surface area is 139 Å². The second-order valence-electron chi connectivity index (χ2n) is 6.54. The maximum Gasteiger partial charge on any atom is 0.261 e. The number of amides is 1. The maximum absolute atomic E-state index is 12.3. The number of thioether (sulfide) groups is 1. The Morgan fingerprint density at radius 3 is 2.59 bits per heavy atom. The van der Waals surface area contributed by atoms with Crippen LogP contribution in [0.25, 0.3) is 0 Å². The molecule has 0 radical (unpaired) electrons. The van der Waals surface area contributed by atoms with Gasteiger partial charge in [-0.2, -0.15) is 11.8 Å². The normalized spacial score (nSPS) is 12.8. The number of benzene rings is 1. The molecule has 0 aliphatic rings. The molecule has 0 spiro atoms. The lowest BCUT2D eigenvalue weighted by atomic mass is 10.1. The minimum absolute atomic E-state index is 0.0297. The van der Waals surface area contributed by atoms with Crippen LogP contribution in [-0.2, 0) is 4.79 Å². The zero-order valence-electron chi connectivity index (χ0n) is 14.7. The van der Waals surface area contributed by atoms with Crippen LogP contribution in [0.4, 0.5) is 0 Å². The third-order valence-corrected chi connectivity index (χ3v) is 4.49. The summed E-state index contributed by atoms with van der Waals surface area (Å²) in [7, 11) is 0. The third kappa shape index (κ3) is 6.73. The quantitative estimate of drug-likeness (QED) is 0.768. The summed E-state index contributed by atoms with van der Waals surface area (Å²) in [6, 6.07) is 6.06. The topological polar surface area (TPSA) is 38.3 Å². The van der Waals surface area contributed by atoms with Crippen LogP contribution in [0.5, 0.6) is 5.75 Å². The van der Waals surface area contributed by atoms with E-state index in [1.807, 2.05) is 50.7 Å². The van der Waals surface area contributed by atoms with Gasteiger partial charge < -0.3 is 10.1 Å². The molecule has 0 saturated carbocycles. The molecule has 3 nitrogen and oxygen atoms in total. The van der Waals surface area contributed by atoms with E-state index >= 15 is 0 Å². The van der Waals surface area contributed by atoms with Gasteiger partial charge in [0.15, 0.2) is 6.10 Å². The molecular formula is C18H29NO2S. The number of ether oxygens (including phenoxy) is 1. The summed E-state index contributed by atoms with van der Waals surface area (Å²) < 4.78 is 6.14. The minimum atomic E-state index is -0.430. The van der Waals surface area contributed by atoms with Crippen molar-refractivity contribution in [1.29, 1.82) is 0 Å². The van der Waals surface area contributed by atoms with Crippen LogP contribution < -0.4 is 10.1 Å². The predicted octanol–water partition coefficient (Wildman–Crippen LogP) is 4.11. The lowest BCUT2D eigenvalue weighted by molar-refractivity contribution is -0.128. The molecule has 4 heteroatoms. The largest absolute Gasteiger partial charge is 0.480 e. The van der Waals surface area contributed by atoms with Crippen LogP contribution in [0.1, 0.15) is 45.2 Å². The van der Waals surface area contributed by atoms with Crippen LogP contribution in [0, 0.1) is 13.8 Å². The van der Waals surface area contributed by atoms with Gasteiger partial charge in [-0.3, -0.25) is 4.79 Å². The van der Waals surface area contributed by atoms with Crippen molar-refractivity contribution in [2.75, 3.05) is 12.3 Å². The van der Waals surface area contributed by atoms with Gasteiger partial charge in [0, 0.05) is 17.0 Å². The molecular weight excluding hydrogens is 294 g/mol. The predicted molar refractivity (Wildman–Crippen MR) is 95.8 cm³/mol. The molecule has 0 bridgehead atoms. The van der Waals surface area contributed by atoms with Gasteiger partial charge in [0.05, 0.1) is 0 Å². The first-order valence-corrected chi connectivity index (χ1v) is 8.87. The molecule has 0 unspecified atom stereocenters. The zero-order chi connectivity index (χ0) is 16.8. The smallest absolute Gasteiger partial charge is 0.261 e. The first-order chi connectivity index (χ1) is 10.2. The fraction of sp³-hybridized carbons (Fsp3) is 0.611. The molecule has 0 fully saturated rings. The van der Waals surface area contributed by atoms with Crippen LogP contribution in [0.3, 0.4) is 0 Å². The van der Waals surface area contributed by atoms with Crippen molar-refractivity contribution in [2.24, 2.45) is 0 Å². The van der Waals surface area contributed by atoms with Gasteiger partial charge in [0.1, 0.15) is 5.75 Å². The van der Waals surface area contributed by atoms with Gasteiger partial charge in [0.25, 0.3) is 5.91 Å². The molecule has 1 atom stereocenters. The SMILES string of the molecule is CC[C@H](Oc1cc(C)ccc1C)C(=O)NCCSC(C)(C)C. The fourth-order valence-corrected chi connectivity index (χ4v) is 2.77. The molecule has 22 heavy (non-hydrogen) atoms. The molecule has 1 N–H and O–H groups in total. The van der Waals surface area contributed by atoms with Crippen molar-refractivity contribution in [2.45, 2.75) is 58.8 Å². The second-order valence-corrected chi connectivity index (χ2v) is 8.46. The molecule has 0 aliphatic heterocycles. The van der Waals surface area contributed by atoms with Crippen molar-refractivity contribution < 1.29 is 9.53 Å². The molecule has 1 aromatic rings. The van der Waals surface area contributed by atoms with Gasteiger partial charge >= 0.3 is 0 Å². The van der Waals surface area contributed by atoms with Gasteiger partial charge in [-0.05, 0) is 37.5 Å². The Balaban J connectivity index is 2.53. The van der Waals surface area contributed by atoms with Crippen molar-refractivity contribution in [3.63, 3.8) is 0 Å². The monoisotopic (exact) mass is 323 g/mol. The van der Waals surface area contributed by atoms with E-state index < -0.39 is 6.10 Å². The molecule has 0 saturated heterocycles. The number of carbonyl (C=O) groups excluding carboxylic acids is 1. The molecule has 0 heterocycles.